The van der Waals surface area contributed by atoms with Gasteiger partial charge >= 0.3 is 6.18 Å². The number of benzene rings is 2. The van der Waals surface area contributed by atoms with E-state index in [1.54, 1.807) is 24.3 Å². The quantitative estimate of drug-likeness (QED) is 0.834. The van der Waals surface area contributed by atoms with Gasteiger partial charge in [0.1, 0.15) is 5.25 Å². The maximum atomic E-state index is 12.8. The smallest absolute Gasteiger partial charge is 0.288 e. The second kappa shape index (κ2) is 6.79. The summed E-state index contributed by atoms with van der Waals surface area (Å²) in [6.07, 6.45) is -5.00. The van der Waals surface area contributed by atoms with Gasteiger partial charge in [0.2, 0.25) is 5.12 Å². The van der Waals surface area contributed by atoms with E-state index in [1.807, 2.05) is 0 Å². The first-order valence-electron chi connectivity index (χ1n) is 6.31. The molecule has 0 spiro atoms. The maximum absolute atomic E-state index is 12.8. The largest absolute Gasteiger partial charge is 0.451 e. The molecule has 0 bridgehead atoms. The molecule has 22 heavy (non-hydrogen) atoms. The van der Waals surface area contributed by atoms with Crippen molar-refractivity contribution in [3.63, 3.8) is 0 Å². The zero-order chi connectivity index (χ0) is 16.2. The van der Waals surface area contributed by atoms with Gasteiger partial charge in [-0.25, -0.2) is 0 Å². The van der Waals surface area contributed by atoms with Crippen molar-refractivity contribution in [1.82, 2.24) is 0 Å². The summed E-state index contributed by atoms with van der Waals surface area (Å²) >= 11 is 0.377. The number of hydrogen-bond donors (Lipinski definition) is 0. The van der Waals surface area contributed by atoms with E-state index in [0.29, 0.717) is 11.8 Å². The number of halogens is 3. The van der Waals surface area contributed by atoms with E-state index in [1.165, 1.54) is 36.4 Å². The normalized spacial score (nSPS) is 12.7. The molecule has 6 heteroatoms. The molecule has 114 valence electrons. The van der Waals surface area contributed by atoms with Crippen LogP contribution in [0.15, 0.2) is 60.7 Å². The maximum Gasteiger partial charge on any atom is 0.451 e. The Kier molecular flexibility index (Phi) is 5.03. The highest BCUT2D eigenvalue weighted by Crippen LogP contribution is 2.37. The summed E-state index contributed by atoms with van der Waals surface area (Å²) in [4.78, 5) is 23.7. The summed E-state index contributed by atoms with van der Waals surface area (Å²) in [5.41, 5.74) is 0.405. The van der Waals surface area contributed by atoms with Crippen LogP contribution in [0, 0.1) is 0 Å². The molecule has 0 N–H and O–H groups in total. The van der Waals surface area contributed by atoms with Gasteiger partial charge in [-0.2, -0.15) is 13.2 Å². The highest BCUT2D eigenvalue weighted by molar-refractivity contribution is 8.14. The van der Waals surface area contributed by atoms with Gasteiger partial charge < -0.3 is 0 Å². The monoisotopic (exact) mass is 324 g/mol. The van der Waals surface area contributed by atoms with Crippen LogP contribution in [0.1, 0.15) is 21.2 Å². The van der Waals surface area contributed by atoms with E-state index in [-0.39, 0.29) is 11.1 Å². The summed E-state index contributed by atoms with van der Waals surface area (Å²) < 4.78 is 38.3. The molecule has 0 radical (unpaired) electrons. The highest BCUT2D eigenvalue weighted by Gasteiger charge is 2.45. The zero-order valence-electron chi connectivity index (χ0n) is 11.2. The van der Waals surface area contributed by atoms with Crippen molar-refractivity contribution < 1.29 is 22.8 Å². The molecule has 0 aliphatic carbocycles. The minimum Gasteiger partial charge on any atom is -0.288 e. The van der Waals surface area contributed by atoms with Gasteiger partial charge in [-0.3, -0.25) is 9.59 Å². The van der Waals surface area contributed by atoms with Crippen molar-refractivity contribution in [2.75, 3.05) is 0 Å². The van der Waals surface area contributed by atoms with Crippen LogP contribution in [0.4, 0.5) is 13.2 Å². The Morgan fingerprint density at radius 2 is 1.36 bits per heavy atom. The van der Waals surface area contributed by atoms with Crippen molar-refractivity contribution in [1.29, 1.82) is 0 Å². The molecule has 1 unspecified atom stereocenters. The summed E-state index contributed by atoms with van der Waals surface area (Å²) in [5.74, 6) is -1.94. The first-order chi connectivity index (χ1) is 10.4. The van der Waals surface area contributed by atoms with Gasteiger partial charge in [0.25, 0.3) is 5.78 Å². The van der Waals surface area contributed by atoms with Crippen molar-refractivity contribution in [2.24, 2.45) is 0 Å². The third-order valence-corrected chi connectivity index (χ3v) is 4.03. The van der Waals surface area contributed by atoms with Crippen LogP contribution in [0.25, 0.3) is 0 Å². The Morgan fingerprint density at radius 3 is 1.86 bits per heavy atom. The SMILES string of the molecule is O=C(SC(C(=O)C(F)(F)F)c1ccccc1)c1ccccc1. The molecule has 0 amide bonds. The summed E-state index contributed by atoms with van der Waals surface area (Å²) in [6, 6.07) is 15.4. The van der Waals surface area contributed by atoms with Gasteiger partial charge in [-0.05, 0) is 5.56 Å². The van der Waals surface area contributed by atoms with Crippen molar-refractivity contribution in [2.45, 2.75) is 11.4 Å². The predicted octanol–water partition coefficient (Wildman–Crippen LogP) is 4.43. The molecule has 0 saturated carbocycles. The molecule has 0 aromatic heterocycles. The van der Waals surface area contributed by atoms with Crippen LogP contribution >= 0.6 is 11.8 Å². The second-order valence-corrected chi connectivity index (χ2v) is 5.50. The Labute approximate surface area is 129 Å². The minimum atomic E-state index is -5.00. The van der Waals surface area contributed by atoms with E-state index in [9.17, 15) is 22.8 Å². The van der Waals surface area contributed by atoms with Gasteiger partial charge in [-0.1, -0.05) is 72.4 Å². The first kappa shape index (κ1) is 16.3. The summed E-state index contributed by atoms with van der Waals surface area (Å²) in [5, 5.41) is -2.18. The summed E-state index contributed by atoms with van der Waals surface area (Å²) in [7, 11) is 0. The van der Waals surface area contributed by atoms with Gasteiger partial charge in [-0.15, -0.1) is 0 Å². The standard InChI is InChI=1S/C16H11F3O2S/c17-16(18,19)14(20)13(11-7-3-1-4-8-11)22-15(21)12-9-5-2-6-10-12/h1-10,13H. The molecule has 0 aliphatic heterocycles. The lowest BCUT2D eigenvalue weighted by molar-refractivity contribution is -0.170. The molecular weight excluding hydrogens is 313 g/mol. The van der Waals surface area contributed by atoms with Crippen LogP contribution in [-0.2, 0) is 4.79 Å². The molecule has 0 fully saturated rings. The third-order valence-electron chi connectivity index (χ3n) is 2.85. The number of Topliss-reactive ketones (excluding diaryl/α,β-unsaturated/α-hetero) is 1. The lowest BCUT2D eigenvalue weighted by atomic mass is 10.1. The zero-order valence-corrected chi connectivity index (χ0v) is 12.0. The minimum absolute atomic E-state index is 0.152. The number of carbonyl (C=O) groups is 2. The van der Waals surface area contributed by atoms with Gasteiger partial charge in [0, 0.05) is 5.56 Å². The third kappa shape index (κ3) is 3.98. The van der Waals surface area contributed by atoms with Gasteiger partial charge in [0.05, 0.1) is 0 Å². The molecular formula is C16H11F3O2S. The topological polar surface area (TPSA) is 34.1 Å². The fraction of sp³-hybridized carbons (Fsp3) is 0.125. The van der Waals surface area contributed by atoms with E-state index in [0.717, 1.165) is 0 Å². The predicted molar refractivity (Wildman–Crippen MR) is 78.6 cm³/mol. The van der Waals surface area contributed by atoms with Crippen LogP contribution in [-0.4, -0.2) is 17.1 Å². The average molecular weight is 324 g/mol. The fourth-order valence-corrected chi connectivity index (χ4v) is 2.82. The fourth-order valence-electron chi connectivity index (χ4n) is 1.80. The molecule has 2 aromatic carbocycles. The first-order valence-corrected chi connectivity index (χ1v) is 7.19. The van der Waals surface area contributed by atoms with Crippen LogP contribution in [0.2, 0.25) is 0 Å². The molecule has 0 aliphatic rings. The second-order valence-electron chi connectivity index (χ2n) is 4.42. The number of thioether (sulfide) groups is 1. The number of ketones is 1. The van der Waals surface area contributed by atoms with Crippen LogP contribution in [0.3, 0.4) is 0 Å². The van der Waals surface area contributed by atoms with Crippen molar-refractivity contribution >= 4 is 22.7 Å². The Balaban J connectivity index is 2.30. The van der Waals surface area contributed by atoms with Crippen LogP contribution < -0.4 is 0 Å². The van der Waals surface area contributed by atoms with E-state index < -0.39 is 22.3 Å². The Bertz CT molecular complexity index is 654. The molecule has 1 atom stereocenters. The summed E-state index contributed by atoms with van der Waals surface area (Å²) in [6.45, 7) is 0. The Hall–Kier alpha value is -2.08. The van der Waals surface area contributed by atoms with Gasteiger partial charge in [0.15, 0.2) is 0 Å². The van der Waals surface area contributed by atoms with E-state index >= 15 is 0 Å². The number of rotatable bonds is 4. The van der Waals surface area contributed by atoms with E-state index in [4.69, 9.17) is 0 Å². The molecule has 2 nitrogen and oxygen atoms in total. The number of alkyl halides is 3. The lowest BCUT2D eigenvalue weighted by Gasteiger charge is -2.16. The average Bonchev–Trinajstić information content (AvgIpc) is 2.52. The molecule has 2 rings (SSSR count). The lowest BCUT2D eigenvalue weighted by Crippen LogP contribution is -2.28. The van der Waals surface area contributed by atoms with E-state index in [2.05, 4.69) is 0 Å². The number of carbonyl (C=O) groups excluding carboxylic acids is 2. The number of hydrogen-bond acceptors (Lipinski definition) is 3. The molecule has 0 heterocycles. The Morgan fingerprint density at radius 1 is 0.864 bits per heavy atom. The van der Waals surface area contributed by atoms with Crippen molar-refractivity contribution in [3.05, 3.63) is 71.8 Å². The highest BCUT2D eigenvalue weighted by atomic mass is 32.2. The van der Waals surface area contributed by atoms with Crippen molar-refractivity contribution in [3.8, 4) is 0 Å². The molecule has 2 aromatic rings. The van der Waals surface area contributed by atoms with Crippen LogP contribution in [0.5, 0.6) is 0 Å². The molecule has 0 saturated heterocycles.